The highest BCUT2D eigenvalue weighted by atomic mass is 35.5. The van der Waals surface area contributed by atoms with E-state index in [0.29, 0.717) is 45.7 Å². The van der Waals surface area contributed by atoms with Crippen molar-refractivity contribution in [3.05, 3.63) is 59.4 Å². The van der Waals surface area contributed by atoms with Gasteiger partial charge < -0.3 is 19.3 Å². The topological polar surface area (TPSA) is 87.9 Å². The number of rotatable bonds is 7. The van der Waals surface area contributed by atoms with Crippen molar-refractivity contribution in [3.63, 3.8) is 0 Å². The van der Waals surface area contributed by atoms with Crippen LogP contribution in [0.15, 0.2) is 42.6 Å². The van der Waals surface area contributed by atoms with Crippen molar-refractivity contribution < 1.29 is 32.6 Å². The molecule has 210 valence electrons. The van der Waals surface area contributed by atoms with Crippen molar-refractivity contribution >= 4 is 35.3 Å². The lowest BCUT2D eigenvalue weighted by molar-refractivity contribution is -0.274. The maximum Gasteiger partial charge on any atom is 0.573 e. The molecule has 0 bridgehead atoms. The van der Waals surface area contributed by atoms with Crippen LogP contribution in [0.1, 0.15) is 36.1 Å². The Bertz CT molecular complexity index is 1320. The summed E-state index contributed by atoms with van der Waals surface area (Å²) in [5.74, 6) is -0.860. The first kappa shape index (κ1) is 28.7. The van der Waals surface area contributed by atoms with E-state index in [9.17, 15) is 22.8 Å². The van der Waals surface area contributed by atoms with Crippen LogP contribution < -0.4 is 4.74 Å². The fourth-order valence-corrected chi connectivity index (χ4v) is 5.51. The minimum Gasteiger partial charge on any atom is -0.481 e. The van der Waals surface area contributed by atoms with Crippen LogP contribution in [0.2, 0.25) is 0 Å². The maximum absolute atomic E-state index is 13.2. The molecular weight excluding hydrogens is 537 g/mol. The van der Waals surface area contributed by atoms with Crippen LogP contribution in [0.4, 0.5) is 13.2 Å². The van der Waals surface area contributed by atoms with Gasteiger partial charge in [-0.25, -0.2) is 4.98 Å². The third-order valence-corrected chi connectivity index (χ3v) is 7.39. The summed E-state index contributed by atoms with van der Waals surface area (Å²) in [4.78, 5) is 32.7. The molecular formula is C27H30ClF3N4O4. The number of aliphatic carboxylic acids is 1. The molecule has 2 aromatic heterocycles. The second-order valence-corrected chi connectivity index (χ2v) is 9.96. The van der Waals surface area contributed by atoms with Crippen LogP contribution in [0, 0.1) is 5.92 Å². The summed E-state index contributed by atoms with van der Waals surface area (Å²) < 4.78 is 43.6. The molecule has 8 nitrogen and oxygen atoms in total. The second kappa shape index (κ2) is 11.8. The van der Waals surface area contributed by atoms with Crippen LogP contribution in [0.5, 0.6) is 5.75 Å². The molecule has 1 N–H and O–H groups in total. The monoisotopic (exact) mass is 566 g/mol. The van der Waals surface area contributed by atoms with E-state index in [0.717, 1.165) is 40.7 Å². The number of pyridine rings is 1. The smallest absolute Gasteiger partial charge is 0.481 e. The lowest BCUT2D eigenvalue weighted by atomic mass is 9.93. The number of carbonyl (C=O) groups excluding carboxylic acids is 1. The van der Waals surface area contributed by atoms with E-state index >= 15 is 0 Å². The van der Waals surface area contributed by atoms with Gasteiger partial charge in [0, 0.05) is 36.8 Å². The second-order valence-electron chi connectivity index (χ2n) is 9.96. The Morgan fingerprint density at radius 3 is 2.46 bits per heavy atom. The third-order valence-electron chi connectivity index (χ3n) is 7.39. The number of benzene rings is 1. The van der Waals surface area contributed by atoms with Crippen molar-refractivity contribution in [2.24, 2.45) is 5.92 Å². The number of alkyl halides is 3. The van der Waals surface area contributed by atoms with Gasteiger partial charge in [0.15, 0.2) is 0 Å². The van der Waals surface area contributed by atoms with E-state index in [1.165, 1.54) is 12.1 Å². The summed E-state index contributed by atoms with van der Waals surface area (Å²) in [5, 5.41) is 10.0. The molecule has 1 fully saturated rings. The van der Waals surface area contributed by atoms with Crippen LogP contribution in [0.3, 0.4) is 0 Å². The van der Waals surface area contributed by atoms with Gasteiger partial charge in [0.2, 0.25) is 5.91 Å². The van der Waals surface area contributed by atoms with Crippen molar-refractivity contribution in [3.8, 4) is 5.75 Å². The fourth-order valence-electron chi connectivity index (χ4n) is 5.51. The maximum atomic E-state index is 13.2. The molecule has 2 aliphatic heterocycles. The number of hydrogen-bond donors (Lipinski definition) is 1. The van der Waals surface area contributed by atoms with Gasteiger partial charge in [0.05, 0.1) is 13.1 Å². The molecule has 0 radical (unpaired) electrons. The van der Waals surface area contributed by atoms with Gasteiger partial charge in [0.25, 0.3) is 0 Å². The quantitative estimate of drug-likeness (QED) is 0.454. The number of piperidine rings is 1. The van der Waals surface area contributed by atoms with Gasteiger partial charge in [0.1, 0.15) is 11.4 Å². The van der Waals surface area contributed by atoms with Crippen molar-refractivity contribution in [1.82, 2.24) is 19.4 Å². The molecule has 0 unspecified atom stereocenters. The first-order valence-corrected chi connectivity index (χ1v) is 12.7. The van der Waals surface area contributed by atoms with Gasteiger partial charge >= 0.3 is 12.3 Å². The summed E-state index contributed by atoms with van der Waals surface area (Å²) in [5.41, 5.74) is 3.69. The van der Waals surface area contributed by atoms with Gasteiger partial charge in [-0.2, -0.15) is 0 Å². The number of hydrogen-bond acceptors (Lipinski definition) is 5. The summed E-state index contributed by atoms with van der Waals surface area (Å²) in [6, 6.07) is 9.68. The molecule has 0 atom stereocenters. The largest absolute Gasteiger partial charge is 0.573 e. The van der Waals surface area contributed by atoms with Crippen molar-refractivity contribution in [2.45, 2.75) is 45.1 Å². The molecule has 39 heavy (non-hydrogen) atoms. The first-order valence-electron chi connectivity index (χ1n) is 12.7. The van der Waals surface area contributed by atoms with Crippen molar-refractivity contribution in [1.29, 1.82) is 0 Å². The Morgan fingerprint density at radius 2 is 1.79 bits per heavy atom. The zero-order valence-corrected chi connectivity index (χ0v) is 22.0. The minimum absolute atomic E-state index is 0. The van der Waals surface area contributed by atoms with Gasteiger partial charge in [-0.3, -0.25) is 14.5 Å². The number of aromatic nitrogens is 2. The van der Waals surface area contributed by atoms with E-state index < -0.39 is 12.3 Å². The molecule has 2 aliphatic rings. The molecule has 4 heterocycles. The number of ether oxygens (including phenoxy) is 1. The van der Waals surface area contributed by atoms with Crippen molar-refractivity contribution in [2.75, 3.05) is 26.2 Å². The molecule has 3 aromatic rings. The first-order chi connectivity index (χ1) is 18.2. The lowest BCUT2D eigenvalue weighted by Gasteiger charge is -2.34. The number of halogens is 4. The average Bonchev–Trinajstić information content (AvgIpc) is 3.18. The van der Waals surface area contributed by atoms with E-state index in [4.69, 9.17) is 5.11 Å². The Labute approximate surface area is 229 Å². The van der Waals surface area contributed by atoms with E-state index in [-0.39, 0.29) is 36.4 Å². The Kier molecular flexibility index (Phi) is 8.70. The molecule has 0 saturated carbocycles. The predicted molar refractivity (Wildman–Crippen MR) is 140 cm³/mol. The Balaban J connectivity index is 0.00000353. The van der Waals surface area contributed by atoms with Gasteiger partial charge in [-0.05, 0) is 73.7 Å². The van der Waals surface area contributed by atoms with Crippen LogP contribution in [-0.4, -0.2) is 68.9 Å². The summed E-state index contributed by atoms with van der Waals surface area (Å²) in [7, 11) is 0. The number of fused-ring (bicyclic) bond motifs is 3. The molecule has 5 rings (SSSR count). The average molecular weight is 567 g/mol. The van der Waals surface area contributed by atoms with E-state index in [2.05, 4.69) is 14.6 Å². The van der Waals surface area contributed by atoms with Crippen LogP contribution in [0.25, 0.3) is 11.0 Å². The highest BCUT2D eigenvalue weighted by Gasteiger charge is 2.31. The molecule has 12 heteroatoms. The summed E-state index contributed by atoms with van der Waals surface area (Å²) >= 11 is 0. The van der Waals surface area contributed by atoms with E-state index in [1.807, 2.05) is 21.6 Å². The number of nitrogens with zero attached hydrogens (tertiary/aromatic N) is 4. The van der Waals surface area contributed by atoms with Crippen LogP contribution in [-0.2, 0) is 29.1 Å². The molecule has 0 aliphatic carbocycles. The fraction of sp³-hybridized carbons (Fsp3) is 0.444. The SMILES string of the molecule is Cl.O=C(O)CC1CCN(CC(=O)N2CCc3c(n(Cc4ccc(OC(F)(F)F)cc4)c4ncccc34)C2)CC1. The number of carboxylic acid groups (broad SMARTS) is 1. The third kappa shape index (κ3) is 6.83. The predicted octanol–water partition coefficient (Wildman–Crippen LogP) is 4.48. The molecule has 1 amide bonds. The number of likely N-dealkylation sites (tertiary alicyclic amines) is 1. The standard InChI is InChI=1S/C27H29F3N4O4.ClH/c28-27(29,30)38-20-5-3-19(4-6-20)15-34-23-16-33(13-9-21(23)22-2-1-10-31-26(22)34)24(35)17-32-11-7-18(8-12-32)14-25(36)37;/h1-6,10,18H,7-9,11-17H2,(H,36,37);1H. The Morgan fingerprint density at radius 1 is 1.08 bits per heavy atom. The molecule has 0 spiro atoms. The van der Waals surface area contributed by atoms with Gasteiger partial charge in [-0.1, -0.05) is 12.1 Å². The highest BCUT2D eigenvalue weighted by Crippen LogP contribution is 2.31. The van der Waals surface area contributed by atoms with Gasteiger partial charge in [-0.15, -0.1) is 25.6 Å². The number of carboxylic acids is 1. The molecule has 1 aromatic carbocycles. The summed E-state index contributed by atoms with van der Waals surface area (Å²) in [6.45, 7) is 3.14. The molecule has 1 saturated heterocycles. The Hall–Kier alpha value is -3.31. The highest BCUT2D eigenvalue weighted by molar-refractivity contribution is 5.85. The zero-order chi connectivity index (χ0) is 26.9. The lowest BCUT2D eigenvalue weighted by Crippen LogP contribution is -2.45. The summed E-state index contributed by atoms with van der Waals surface area (Å²) in [6.07, 6.45) is -0.623. The number of carbonyl (C=O) groups is 2. The van der Waals surface area contributed by atoms with E-state index in [1.54, 1.807) is 18.3 Å². The normalized spacial score (nSPS) is 16.5. The van der Waals surface area contributed by atoms with Crippen LogP contribution >= 0.6 is 12.4 Å². The zero-order valence-electron chi connectivity index (χ0n) is 21.2. The number of amides is 1. The minimum atomic E-state index is -4.74.